The molecule has 0 amide bonds. The van der Waals surface area contributed by atoms with Gasteiger partial charge in [0.05, 0.1) is 11.1 Å². The Kier molecular flexibility index (Phi) is 4.23. The van der Waals surface area contributed by atoms with Crippen LogP contribution in [0.1, 0.15) is 27.3 Å². The van der Waals surface area contributed by atoms with Gasteiger partial charge in [-0.15, -0.1) is 0 Å². The second kappa shape index (κ2) is 5.39. The molecule has 0 radical (unpaired) electrons. The maximum atomic E-state index is 13.0. The van der Waals surface area contributed by atoms with Gasteiger partial charge >= 0.3 is 19.7 Å². The fourth-order valence-electron chi connectivity index (χ4n) is 2.00. The maximum absolute atomic E-state index is 13.0. The number of cyclic esters (lactones) is 1. The van der Waals surface area contributed by atoms with Crippen molar-refractivity contribution in [1.29, 1.82) is 0 Å². The summed E-state index contributed by atoms with van der Waals surface area (Å²) >= 11 is 2.93. The molecule has 1 aromatic carbocycles. The molecule has 1 aliphatic rings. The Balaban J connectivity index is 2.70. The van der Waals surface area contributed by atoms with Crippen molar-refractivity contribution < 1.29 is 36.3 Å². The van der Waals surface area contributed by atoms with Crippen LogP contribution in [0.4, 0.5) is 13.2 Å². The number of carbonyl (C=O) groups excluding carboxylic acids is 1. The summed E-state index contributed by atoms with van der Waals surface area (Å²) in [6.45, 7) is 0. The van der Waals surface area contributed by atoms with E-state index in [1.165, 1.54) is 6.07 Å². The fourth-order valence-corrected chi connectivity index (χ4v) is 3.78. The van der Waals surface area contributed by atoms with Crippen LogP contribution in [0.2, 0.25) is 0 Å². The number of esters is 1. The summed E-state index contributed by atoms with van der Waals surface area (Å²) in [5.74, 6) is -2.75. The largest absolute Gasteiger partial charge is 0.441 e. The van der Waals surface area contributed by atoms with Gasteiger partial charge < -0.3 is 13.8 Å². The highest BCUT2D eigenvalue weighted by Gasteiger charge is 2.50. The van der Waals surface area contributed by atoms with Gasteiger partial charge in [-0.25, -0.2) is 4.79 Å². The molecule has 0 fully saturated rings. The second-order valence-corrected chi connectivity index (χ2v) is 7.27. The molecule has 1 heterocycles. The van der Waals surface area contributed by atoms with Gasteiger partial charge in [0.1, 0.15) is 0 Å². The number of hydrogen-bond donors (Lipinski definition) is 0. The molecule has 1 aromatic rings. The molecule has 0 bridgehead atoms. The van der Waals surface area contributed by atoms with E-state index in [2.05, 4.69) is 15.9 Å². The molecular formula is C11H9BrF3O5P. The van der Waals surface area contributed by atoms with E-state index in [0.29, 0.717) is 0 Å². The van der Waals surface area contributed by atoms with Crippen LogP contribution in [0.25, 0.3) is 0 Å². The van der Waals surface area contributed by atoms with E-state index in [4.69, 9.17) is 13.8 Å². The van der Waals surface area contributed by atoms with Crippen molar-refractivity contribution in [2.75, 3.05) is 14.2 Å². The topological polar surface area (TPSA) is 61.8 Å². The Labute approximate surface area is 126 Å². The minimum absolute atomic E-state index is 0.0654. The normalized spacial score (nSPS) is 18.6. The van der Waals surface area contributed by atoms with Crippen LogP contribution < -0.4 is 0 Å². The predicted molar refractivity (Wildman–Crippen MR) is 68.9 cm³/mol. The lowest BCUT2D eigenvalue weighted by molar-refractivity contribution is -0.138. The average Bonchev–Trinajstić information content (AvgIpc) is 2.73. The molecule has 0 aliphatic carbocycles. The summed E-state index contributed by atoms with van der Waals surface area (Å²) in [7, 11) is -1.81. The first-order chi connectivity index (χ1) is 9.64. The van der Waals surface area contributed by atoms with Crippen molar-refractivity contribution in [3.05, 3.63) is 33.3 Å². The summed E-state index contributed by atoms with van der Waals surface area (Å²) in [5.41, 5.74) is -2.03. The Hall–Kier alpha value is -0.890. The summed E-state index contributed by atoms with van der Waals surface area (Å²) < 4.78 is 65.7. The highest BCUT2D eigenvalue weighted by Crippen LogP contribution is 2.63. The zero-order valence-corrected chi connectivity index (χ0v) is 13.2. The Morgan fingerprint density at radius 2 is 1.86 bits per heavy atom. The van der Waals surface area contributed by atoms with Crippen molar-refractivity contribution in [1.82, 2.24) is 0 Å². The molecule has 1 unspecified atom stereocenters. The van der Waals surface area contributed by atoms with Crippen LogP contribution in [-0.2, 0) is 24.5 Å². The summed E-state index contributed by atoms with van der Waals surface area (Å²) in [5, 5.41) is 0. The van der Waals surface area contributed by atoms with Gasteiger partial charge in [-0.05, 0) is 12.1 Å². The summed E-state index contributed by atoms with van der Waals surface area (Å²) in [6, 6.07) is 1.98. The quantitative estimate of drug-likeness (QED) is 0.575. The molecule has 2 rings (SSSR count). The minimum atomic E-state index is -4.76. The average molecular weight is 389 g/mol. The van der Waals surface area contributed by atoms with Crippen molar-refractivity contribution in [3.63, 3.8) is 0 Å². The SMILES string of the molecule is COP(=O)(OC)C1OC(=O)c2c1cc(Br)cc2C(F)(F)F. The van der Waals surface area contributed by atoms with Crippen LogP contribution in [0.3, 0.4) is 0 Å². The summed E-state index contributed by atoms with van der Waals surface area (Å²) in [4.78, 5) is 11.8. The fraction of sp³-hybridized carbons (Fsp3) is 0.364. The first kappa shape index (κ1) is 16.5. The second-order valence-electron chi connectivity index (χ2n) is 4.08. The zero-order valence-electron chi connectivity index (χ0n) is 10.7. The molecule has 0 aromatic heterocycles. The van der Waals surface area contributed by atoms with Gasteiger partial charge in [0.25, 0.3) is 0 Å². The zero-order chi connectivity index (χ0) is 16.0. The van der Waals surface area contributed by atoms with Crippen LogP contribution in [0.15, 0.2) is 16.6 Å². The van der Waals surface area contributed by atoms with Crippen molar-refractivity contribution in [2.45, 2.75) is 12.0 Å². The molecule has 1 aliphatic heterocycles. The molecule has 116 valence electrons. The van der Waals surface area contributed by atoms with E-state index in [1.54, 1.807) is 0 Å². The van der Waals surface area contributed by atoms with Gasteiger partial charge in [0, 0.05) is 24.3 Å². The van der Waals surface area contributed by atoms with Crippen molar-refractivity contribution in [2.24, 2.45) is 0 Å². The van der Waals surface area contributed by atoms with E-state index >= 15 is 0 Å². The number of ether oxygens (including phenoxy) is 1. The van der Waals surface area contributed by atoms with Crippen LogP contribution >= 0.6 is 23.5 Å². The third-order valence-electron chi connectivity index (χ3n) is 2.92. The number of hydrogen-bond acceptors (Lipinski definition) is 5. The lowest BCUT2D eigenvalue weighted by Gasteiger charge is -2.20. The van der Waals surface area contributed by atoms with E-state index < -0.39 is 36.7 Å². The molecule has 0 saturated heterocycles. The lowest BCUT2D eigenvalue weighted by atomic mass is 10.0. The third kappa shape index (κ3) is 2.75. The predicted octanol–water partition coefficient (Wildman–Crippen LogP) is 4.12. The van der Waals surface area contributed by atoms with Gasteiger partial charge in [0.2, 0.25) is 5.85 Å². The van der Waals surface area contributed by atoms with Gasteiger partial charge in [-0.2, -0.15) is 13.2 Å². The van der Waals surface area contributed by atoms with Gasteiger partial charge in [0.15, 0.2) is 0 Å². The Bertz CT molecular complexity index is 637. The number of carbonyl (C=O) groups is 1. The van der Waals surface area contributed by atoms with Crippen LogP contribution in [0, 0.1) is 0 Å². The van der Waals surface area contributed by atoms with Crippen LogP contribution in [0.5, 0.6) is 0 Å². The molecule has 5 nitrogen and oxygen atoms in total. The van der Waals surface area contributed by atoms with E-state index in [1.807, 2.05) is 0 Å². The standard InChI is InChI=1S/C11H9BrF3O5P/c1-18-21(17,19-2)10-6-3-5(12)4-7(11(13,14)15)8(6)9(16)20-10/h3-4,10H,1-2H3. The molecule has 0 saturated carbocycles. The molecule has 0 spiro atoms. The Morgan fingerprint density at radius 3 is 2.33 bits per heavy atom. The smallest absolute Gasteiger partial charge is 0.417 e. The highest BCUT2D eigenvalue weighted by molar-refractivity contribution is 9.10. The number of rotatable bonds is 3. The monoisotopic (exact) mass is 388 g/mol. The molecule has 0 N–H and O–H groups in total. The van der Waals surface area contributed by atoms with Crippen LogP contribution in [-0.4, -0.2) is 20.2 Å². The van der Waals surface area contributed by atoms with Gasteiger partial charge in [-0.1, -0.05) is 15.9 Å². The summed E-state index contributed by atoms with van der Waals surface area (Å²) in [6.07, 6.45) is -4.76. The number of benzene rings is 1. The van der Waals surface area contributed by atoms with E-state index in [-0.39, 0.29) is 10.0 Å². The Morgan fingerprint density at radius 1 is 1.29 bits per heavy atom. The minimum Gasteiger partial charge on any atom is -0.441 e. The maximum Gasteiger partial charge on any atom is 0.417 e. The first-order valence-corrected chi connectivity index (χ1v) is 7.87. The molecule has 10 heteroatoms. The number of halogens is 4. The van der Waals surface area contributed by atoms with Gasteiger partial charge in [-0.3, -0.25) is 4.57 Å². The van der Waals surface area contributed by atoms with E-state index in [9.17, 15) is 22.5 Å². The molecule has 21 heavy (non-hydrogen) atoms. The lowest BCUT2D eigenvalue weighted by Crippen LogP contribution is -2.12. The third-order valence-corrected chi connectivity index (χ3v) is 5.36. The highest BCUT2D eigenvalue weighted by atomic mass is 79.9. The first-order valence-electron chi connectivity index (χ1n) is 5.47. The number of alkyl halides is 3. The molecule has 1 atom stereocenters. The van der Waals surface area contributed by atoms with Crippen molar-refractivity contribution in [3.8, 4) is 0 Å². The van der Waals surface area contributed by atoms with E-state index in [0.717, 1.165) is 20.3 Å². The molecular weight excluding hydrogens is 380 g/mol. The van der Waals surface area contributed by atoms with Crippen molar-refractivity contribution >= 4 is 29.5 Å². The number of fused-ring (bicyclic) bond motifs is 1.